The summed E-state index contributed by atoms with van der Waals surface area (Å²) in [6, 6.07) is 5.88. The summed E-state index contributed by atoms with van der Waals surface area (Å²) in [5.41, 5.74) is 0.949. The molecule has 1 aromatic carbocycles. The van der Waals surface area contributed by atoms with Gasteiger partial charge < -0.3 is 19.5 Å². The largest absolute Gasteiger partial charge is 0.454 e. The quantitative estimate of drug-likeness (QED) is 0.854. The molecule has 1 heterocycles. The molecule has 1 aliphatic rings. The molecule has 4 nitrogen and oxygen atoms in total. The van der Waals surface area contributed by atoms with Gasteiger partial charge in [0.2, 0.25) is 6.79 Å². The van der Waals surface area contributed by atoms with Gasteiger partial charge in [0.25, 0.3) is 0 Å². The van der Waals surface area contributed by atoms with E-state index in [9.17, 15) is 0 Å². The summed E-state index contributed by atoms with van der Waals surface area (Å²) in [5, 5.41) is 3.35. The molecule has 0 fully saturated rings. The Bertz CT molecular complexity index is 390. The fourth-order valence-corrected chi connectivity index (χ4v) is 1.62. The third kappa shape index (κ3) is 3.03. The Labute approximate surface area is 102 Å². The topological polar surface area (TPSA) is 39.7 Å². The molecule has 17 heavy (non-hydrogen) atoms. The van der Waals surface area contributed by atoms with Crippen LogP contribution < -0.4 is 14.8 Å². The lowest BCUT2D eigenvalue weighted by Gasteiger charge is -2.23. The first-order valence-corrected chi connectivity index (χ1v) is 5.79. The van der Waals surface area contributed by atoms with Crippen molar-refractivity contribution in [1.29, 1.82) is 0 Å². The smallest absolute Gasteiger partial charge is 0.231 e. The summed E-state index contributed by atoms with van der Waals surface area (Å²) >= 11 is 0. The molecule has 0 bridgehead atoms. The predicted molar refractivity (Wildman–Crippen MR) is 66.8 cm³/mol. The van der Waals surface area contributed by atoms with Gasteiger partial charge in [-0.05, 0) is 32.4 Å². The second kappa shape index (κ2) is 4.84. The maximum atomic E-state index is 5.36. The van der Waals surface area contributed by atoms with Crippen LogP contribution in [0.1, 0.15) is 20.3 Å². The molecule has 94 valence electrons. The average molecular weight is 237 g/mol. The molecule has 0 aliphatic carbocycles. The van der Waals surface area contributed by atoms with Crippen molar-refractivity contribution in [3.8, 4) is 11.5 Å². The SMILES string of the molecule is COC(C)(C)CCNc1ccc2c(c1)OCO2. The molecule has 1 N–H and O–H groups in total. The van der Waals surface area contributed by atoms with E-state index in [1.165, 1.54) is 0 Å². The van der Waals surface area contributed by atoms with Crippen LogP contribution in [-0.4, -0.2) is 26.0 Å². The monoisotopic (exact) mass is 237 g/mol. The van der Waals surface area contributed by atoms with Crippen LogP contribution in [-0.2, 0) is 4.74 Å². The van der Waals surface area contributed by atoms with Gasteiger partial charge in [-0.1, -0.05) is 0 Å². The van der Waals surface area contributed by atoms with E-state index in [2.05, 4.69) is 19.2 Å². The highest BCUT2D eigenvalue weighted by Crippen LogP contribution is 2.34. The van der Waals surface area contributed by atoms with E-state index in [4.69, 9.17) is 14.2 Å². The summed E-state index contributed by atoms with van der Waals surface area (Å²) in [6.45, 7) is 5.33. The maximum Gasteiger partial charge on any atom is 0.231 e. The van der Waals surface area contributed by atoms with Crippen LogP contribution in [0, 0.1) is 0 Å². The Kier molecular flexibility index (Phi) is 3.43. The molecule has 0 radical (unpaired) electrons. The highest BCUT2D eigenvalue weighted by atomic mass is 16.7. The van der Waals surface area contributed by atoms with E-state index in [0.717, 1.165) is 30.2 Å². The molecule has 0 amide bonds. The molecular weight excluding hydrogens is 218 g/mol. The Balaban J connectivity index is 1.88. The number of hydrogen-bond donors (Lipinski definition) is 1. The lowest BCUT2D eigenvalue weighted by molar-refractivity contribution is 0.0185. The van der Waals surface area contributed by atoms with Crippen molar-refractivity contribution in [1.82, 2.24) is 0 Å². The molecule has 0 saturated heterocycles. The molecule has 0 saturated carbocycles. The van der Waals surface area contributed by atoms with Gasteiger partial charge in [-0.15, -0.1) is 0 Å². The summed E-state index contributed by atoms with van der Waals surface area (Å²) < 4.78 is 15.9. The van der Waals surface area contributed by atoms with E-state index in [0.29, 0.717) is 6.79 Å². The fourth-order valence-electron chi connectivity index (χ4n) is 1.62. The van der Waals surface area contributed by atoms with E-state index in [1.807, 2.05) is 18.2 Å². The molecule has 1 aromatic rings. The van der Waals surface area contributed by atoms with Crippen LogP contribution in [0.2, 0.25) is 0 Å². The van der Waals surface area contributed by atoms with Gasteiger partial charge in [-0.3, -0.25) is 0 Å². The van der Waals surface area contributed by atoms with Gasteiger partial charge in [-0.25, -0.2) is 0 Å². The van der Waals surface area contributed by atoms with Crippen LogP contribution in [0.25, 0.3) is 0 Å². The molecule has 0 spiro atoms. The van der Waals surface area contributed by atoms with E-state index < -0.39 is 0 Å². The third-order valence-corrected chi connectivity index (χ3v) is 2.98. The van der Waals surface area contributed by atoms with Gasteiger partial charge in [0, 0.05) is 25.4 Å². The normalized spacial score (nSPS) is 13.8. The number of fused-ring (bicyclic) bond motifs is 1. The Morgan fingerprint density at radius 1 is 1.29 bits per heavy atom. The van der Waals surface area contributed by atoms with Crippen LogP contribution >= 0.6 is 0 Å². The minimum atomic E-state index is -0.0939. The van der Waals surface area contributed by atoms with Gasteiger partial charge in [0.05, 0.1) is 5.60 Å². The second-order valence-electron chi connectivity index (χ2n) is 4.71. The Morgan fingerprint density at radius 2 is 2.06 bits per heavy atom. The van der Waals surface area contributed by atoms with Crippen LogP contribution in [0.3, 0.4) is 0 Å². The molecular formula is C13H19NO3. The van der Waals surface area contributed by atoms with Crippen molar-refractivity contribution in [3.63, 3.8) is 0 Å². The number of ether oxygens (including phenoxy) is 3. The highest BCUT2D eigenvalue weighted by Gasteiger charge is 2.16. The van der Waals surface area contributed by atoms with E-state index >= 15 is 0 Å². The first-order chi connectivity index (χ1) is 8.11. The summed E-state index contributed by atoms with van der Waals surface area (Å²) in [6.07, 6.45) is 0.942. The molecule has 1 aliphatic heterocycles. The number of nitrogens with one attached hydrogen (secondary N) is 1. The lowest BCUT2D eigenvalue weighted by Crippen LogP contribution is -2.25. The Hall–Kier alpha value is -1.42. The molecule has 0 unspecified atom stereocenters. The van der Waals surface area contributed by atoms with Gasteiger partial charge in [0.1, 0.15) is 0 Å². The highest BCUT2D eigenvalue weighted by molar-refractivity contribution is 5.55. The van der Waals surface area contributed by atoms with E-state index in [1.54, 1.807) is 7.11 Å². The van der Waals surface area contributed by atoms with E-state index in [-0.39, 0.29) is 5.60 Å². The van der Waals surface area contributed by atoms with Crippen LogP contribution in [0.4, 0.5) is 5.69 Å². The molecule has 4 heteroatoms. The van der Waals surface area contributed by atoms with Gasteiger partial charge in [-0.2, -0.15) is 0 Å². The first-order valence-electron chi connectivity index (χ1n) is 5.79. The number of benzene rings is 1. The minimum Gasteiger partial charge on any atom is -0.454 e. The fraction of sp³-hybridized carbons (Fsp3) is 0.538. The molecule has 0 aromatic heterocycles. The van der Waals surface area contributed by atoms with Gasteiger partial charge >= 0.3 is 0 Å². The zero-order valence-electron chi connectivity index (χ0n) is 10.6. The Morgan fingerprint density at radius 3 is 2.82 bits per heavy atom. The number of methoxy groups -OCH3 is 1. The summed E-state index contributed by atoms with van der Waals surface area (Å²) in [5.74, 6) is 1.62. The van der Waals surface area contributed by atoms with Crippen molar-refractivity contribution in [2.45, 2.75) is 25.9 Å². The second-order valence-corrected chi connectivity index (χ2v) is 4.71. The van der Waals surface area contributed by atoms with Crippen LogP contribution in [0.15, 0.2) is 18.2 Å². The zero-order chi connectivity index (χ0) is 12.3. The molecule has 0 atom stereocenters. The minimum absolute atomic E-state index is 0.0939. The predicted octanol–water partition coefficient (Wildman–Crippen LogP) is 2.64. The number of hydrogen-bond acceptors (Lipinski definition) is 4. The lowest BCUT2D eigenvalue weighted by atomic mass is 10.1. The van der Waals surface area contributed by atoms with Crippen molar-refractivity contribution in [3.05, 3.63) is 18.2 Å². The standard InChI is InChI=1S/C13H19NO3/c1-13(2,15-3)6-7-14-10-4-5-11-12(8-10)17-9-16-11/h4-5,8,14H,6-7,9H2,1-3H3. The number of rotatable bonds is 5. The van der Waals surface area contributed by atoms with Crippen molar-refractivity contribution in [2.24, 2.45) is 0 Å². The third-order valence-electron chi connectivity index (χ3n) is 2.98. The summed E-state index contributed by atoms with van der Waals surface area (Å²) in [7, 11) is 1.74. The average Bonchev–Trinajstić information content (AvgIpc) is 2.76. The molecule has 2 rings (SSSR count). The van der Waals surface area contributed by atoms with Crippen molar-refractivity contribution >= 4 is 5.69 Å². The first kappa shape index (κ1) is 12.0. The van der Waals surface area contributed by atoms with Crippen molar-refractivity contribution in [2.75, 3.05) is 25.8 Å². The zero-order valence-corrected chi connectivity index (χ0v) is 10.6. The van der Waals surface area contributed by atoms with Crippen molar-refractivity contribution < 1.29 is 14.2 Å². The van der Waals surface area contributed by atoms with Crippen LogP contribution in [0.5, 0.6) is 11.5 Å². The summed E-state index contributed by atoms with van der Waals surface area (Å²) in [4.78, 5) is 0. The van der Waals surface area contributed by atoms with Gasteiger partial charge in [0.15, 0.2) is 11.5 Å². The maximum absolute atomic E-state index is 5.36. The number of anilines is 1.